The summed E-state index contributed by atoms with van der Waals surface area (Å²) in [6.07, 6.45) is 1.11. The number of carbonyl (C=O) groups excluding carboxylic acids is 1. The lowest BCUT2D eigenvalue weighted by molar-refractivity contribution is -0.126. The Morgan fingerprint density at radius 3 is 2.95 bits per heavy atom. The summed E-state index contributed by atoms with van der Waals surface area (Å²) in [7, 11) is 0. The number of carbonyl (C=O) groups is 1. The molecule has 3 N–H and O–H groups in total. The molecule has 0 spiro atoms. The zero-order chi connectivity index (χ0) is 13.2. The third-order valence-corrected chi connectivity index (χ3v) is 3.30. The molecule has 1 aromatic carbocycles. The second-order valence-corrected chi connectivity index (χ2v) is 4.62. The van der Waals surface area contributed by atoms with Crippen molar-refractivity contribution in [2.75, 3.05) is 18.7 Å². The standard InChI is InChI=1S/C13H16N2O4/c14-6-9-2-4-11(19-9)13(16)15-8-1-3-10-12(5-8)18-7-17-10/h1,3,5,9,11H,2,4,6-7,14H2,(H,15,16)/t9-,11+/m1/s1. The number of anilines is 1. The molecule has 0 radical (unpaired) electrons. The van der Waals surface area contributed by atoms with E-state index in [2.05, 4.69) is 5.32 Å². The number of ether oxygens (including phenoxy) is 3. The van der Waals surface area contributed by atoms with Crippen LogP contribution in [0.3, 0.4) is 0 Å². The van der Waals surface area contributed by atoms with Gasteiger partial charge in [0.05, 0.1) is 6.10 Å². The highest BCUT2D eigenvalue weighted by Gasteiger charge is 2.30. The van der Waals surface area contributed by atoms with Crippen LogP contribution in [0.1, 0.15) is 12.8 Å². The Morgan fingerprint density at radius 1 is 1.32 bits per heavy atom. The number of hydrogen-bond donors (Lipinski definition) is 2. The van der Waals surface area contributed by atoms with Crippen LogP contribution in [0.15, 0.2) is 18.2 Å². The van der Waals surface area contributed by atoms with Crippen LogP contribution in [0.5, 0.6) is 11.5 Å². The van der Waals surface area contributed by atoms with E-state index in [-0.39, 0.29) is 18.8 Å². The zero-order valence-electron chi connectivity index (χ0n) is 10.4. The molecule has 0 unspecified atom stereocenters. The normalized spacial score (nSPS) is 24.5. The van der Waals surface area contributed by atoms with E-state index in [9.17, 15) is 4.79 Å². The molecule has 2 atom stereocenters. The minimum Gasteiger partial charge on any atom is -0.454 e. The maximum absolute atomic E-state index is 12.0. The summed E-state index contributed by atoms with van der Waals surface area (Å²) >= 11 is 0. The topological polar surface area (TPSA) is 82.8 Å². The summed E-state index contributed by atoms with van der Waals surface area (Å²) in [5.41, 5.74) is 6.20. The number of nitrogens with one attached hydrogen (secondary N) is 1. The molecule has 0 aromatic heterocycles. The van der Waals surface area contributed by atoms with Gasteiger partial charge in [-0.15, -0.1) is 0 Å². The van der Waals surface area contributed by atoms with Crippen molar-refractivity contribution in [2.24, 2.45) is 5.73 Å². The molecule has 0 saturated carbocycles. The van der Waals surface area contributed by atoms with Crippen LogP contribution in [0, 0.1) is 0 Å². The van der Waals surface area contributed by atoms with E-state index in [1.807, 2.05) is 0 Å². The lowest BCUT2D eigenvalue weighted by atomic mass is 10.2. The molecule has 0 aliphatic carbocycles. The van der Waals surface area contributed by atoms with Crippen LogP contribution in [0.25, 0.3) is 0 Å². The van der Waals surface area contributed by atoms with E-state index in [4.69, 9.17) is 19.9 Å². The van der Waals surface area contributed by atoms with Gasteiger partial charge in [0.15, 0.2) is 11.5 Å². The van der Waals surface area contributed by atoms with Gasteiger partial charge in [0.1, 0.15) is 6.10 Å². The van der Waals surface area contributed by atoms with Crippen LogP contribution >= 0.6 is 0 Å². The Labute approximate surface area is 110 Å². The fraction of sp³-hybridized carbons (Fsp3) is 0.462. The predicted octanol–water partition coefficient (Wildman–Crippen LogP) is 0.860. The quantitative estimate of drug-likeness (QED) is 0.846. The molecule has 19 heavy (non-hydrogen) atoms. The molecule has 6 heteroatoms. The molecule has 102 valence electrons. The molecule has 1 amide bonds. The molecular formula is C13H16N2O4. The number of fused-ring (bicyclic) bond motifs is 1. The minimum atomic E-state index is -0.418. The van der Waals surface area contributed by atoms with Gasteiger partial charge >= 0.3 is 0 Å². The van der Waals surface area contributed by atoms with Gasteiger partial charge in [-0.25, -0.2) is 0 Å². The summed E-state index contributed by atoms with van der Waals surface area (Å²) in [5.74, 6) is 1.19. The first kappa shape index (κ1) is 12.3. The van der Waals surface area contributed by atoms with Crippen LogP contribution in [-0.4, -0.2) is 31.5 Å². The average Bonchev–Trinajstić information content (AvgIpc) is 3.06. The van der Waals surface area contributed by atoms with Crippen molar-refractivity contribution in [1.29, 1.82) is 0 Å². The SMILES string of the molecule is NC[C@H]1CC[C@@H](C(=O)Nc2ccc3c(c2)OCO3)O1. The van der Waals surface area contributed by atoms with Gasteiger partial charge in [-0.3, -0.25) is 4.79 Å². The van der Waals surface area contributed by atoms with E-state index < -0.39 is 6.10 Å². The van der Waals surface area contributed by atoms with Gasteiger partial charge in [0.2, 0.25) is 6.79 Å². The molecular weight excluding hydrogens is 248 g/mol. The Bertz CT molecular complexity index is 492. The van der Waals surface area contributed by atoms with Gasteiger partial charge in [-0.05, 0) is 25.0 Å². The Hall–Kier alpha value is -1.79. The highest BCUT2D eigenvalue weighted by atomic mass is 16.7. The molecule has 1 aromatic rings. The minimum absolute atomic E-state index is 0.00694. The third kappa shape index (κ3) is 2.50. The van der Waals surface area contributed by atoms with Crippen molar-refractivity contribution in [3.8, 4) is 11.5 Å². The first-order valence-electron chi connectivity index (χ1n) is 6.32. The Morgan fingerprint density at radius 2 is 2.16 bits per heavy atom. The summed E-state index contributed by atoms with van der Waals surface area (Å²) in [6, 6.07) is 5.30. The summed E-state index contributed by atoms with van der Waals surface area (Å²) in [5, 5.41) is 2.82. The lowest BCUT2D eigenvalue weighted by Crippen LogP contribution is -2.29. The maximum atomic E-state index is 12.0. The van der Waals surface area contributed by atoms with Gasteiger partial charge in [0, 0.05) is 18.3 Å². The van der Waals surface area contributed by atoms with E-state index >= 15 is 0 Å². The van der Waals surface area contributed by atoms with Crippen molar-refractivity contribution in [1.82, 2.24) is 0 Å². The average molecular weight is 264 g/mol. The monoisotopic (exact) mass is 264 g/mol. The lowest BCUT2D eigenvalue weighted by Gasteiger charge is -2.12. The maximum Gasteiger partial charge on any atom is 0.253 e. The summed E-state index contributed by atoms with van der Waals surface area (Å²) in [4.78, 5) is 12.0. The van der Waals surface area contributed by atoms with Gasteiger partial charge in [0.25, 0.3) is 5.91 Å². The number of hydrogen-bond acceptors (Lipinski definition) is 5. The van der Waals surface area contributed by atoms with Crippen molar-refractivity contribution in [3.05, 3.63) is 18.2 Å². The van der Waals surface area contributed by atoms with Crippen molar-refractivity contribution in [3.63, 3.8) is 0 Å². The number of rotatable bonds is 3. The van der Waals surface area contributed by atoms with Crippen molar-refractivity contribution in [2.45, 2.75) is 25.0 Å². The van der Waals surface area contributed by atoms with Gasteiger partial charge in [-0.1, -0.05) is 0 Å². The third-order valence-electron chi connectivity index (χ3n) is 3.30. The van der Waals surface area contributed by atoms with Crippen LogP contribution in [0.2, 0.25) is 0 Å². The van der Waals surface area contributed by atoms with Gasteiger partial charge in [-0.2, -0.15) is 0 Å². The predicted molar refractivity (Wildman–Crippen MR) is 68.1 cm³/mol. The largest absolute Gasteiger partial charge is 0.454 e. The second kappa shape index (κ2) is 5.07. The first-order valence-corrected chi connectivity index (χ1v) is 6.32. The Balaban J connectivity index is 1.63. The summed E-state index contributed by atoms with van der Waals surface area (Å²) < 4.78 is 16.0. The molecule has 2 aliphatic rings. The molecule has 6 nitrogen and oxygen atoms in total. The van der Waals surface area contributed by atoms with E-state index in [0.29, 0.717) is 30.2 Å². The highest BCUT2D eigenvalue weighted by molar-refractivity contribution is 5.94. The number of nitrogens with two attached hydrogens (primary N) is 1. The highest BCUT2D eigenvalue weighted by Crippen LogP contribution is 2.34. The fourth-order valence-corrected chi connectivity index (χ4v) is 2.27. The van der Waals surface area contributed by atoms with Gasteiger partial charge < -0.3 is 25.3 Å². The molecule has 0 bridgehead atoms. The second-order valence-electron chi connectivity index (χ2n) is 4.62. The van der Waals surface area contributed by atoms with E-state index in [1.54, 1.807) is 18.2 Å². The molecule has 2 aliphatic heterocycles. The summed E-state index contributed by atoms with van der Waals surface area (Å²) in [6.45, 7) is 0.671. The van der Waals surface area contributed by atoms with Crippen LogP contribution < -0.4 is 20.5 Å². The molecule has 3 rings (SSSR count). The molecule has 1 fully saturated rings. The first-order chi connectivity index (χ1) is 9.26. The molecule has 1 saturated heterocycles. The van der Waals surface area contributed by atoms with Crippen LogP contribution in [0.4, 0.5) is 5.69 Å². The fourth-order valence-electron chi connectivity index (χ4n) is 2.27. The smallest absolute Gasteiger partial charge is 0.253 e. The Kier molecular flexibility index (Phi) is 3.27. The number of amides is 1. The number of benzene rings is 1. The molecule has 2 heterocycles. The van der Waals surface area contributed by atoms with Crippen LogP contribution in [-0.2, 0) is 9.53 Å². The van der Waals surface area contributed by atoms with Crippen molar-refractivity contribution < 1.29 is 19.0 Å². The van der Waals surface area contributed by atoms with Crippen molar-refractivity contribution >= 4 is 11.6 Å². The van der Waals surface area contributed by atoms with E-state index in [1.165, 1.54) is 0 Å². The zero-order valence-corrected chi connectivity index (χ0v) is 10.4. The van der Waals surface area contributed by atoms with E-state index in [0.717, 1.165) is 6.42 Å².